The highest BCUT2D eigenvalue weighted by Gasteiger charge is 2.56. The monoisotopic (exact) mass is 354 g/mol. The molecule has 1 atom stereocenters. The van der Waals surface area contributed by atoms with Crippen LogP contribution >= 0.6 is 0 Å². The minimum atomic E-state index is -3.85. The second-order valence-corrected chi connectivity index (χ2v) is 6.10. The van der Waals surface area contributed by atoms with Crippen LogP contribution in [0.3, 0.4) is 0 Å². The fourth-order valence-electron chi connectivity index (χ4n) is 3.05. The molecule has 6 heteroatoms. The maximum Gasteiger partial charge on any atom is 0.309 e. The number of halogens is 5. The Morgan fingerprint density at radius 3 is 2.24 bits per heavy atom. The van der Waals surface area contributed by atoms with Gasteiger partial charge in [0.1, 0.15) is 0 Å². The third kappa shape index (κ3) is 2.65. The molecule has 2 aromatic rings. The third-order valence-corrected chi connectivity index (χ3v) is 4.40. The lowest BCUT2D eigenvalue weighted by molar-refractivity contribution is -0.168. The molecule has 0 bridgehead atoms. The van der Waals surface area contributed by atoms with Crippen molar-refractivity contribution in [1.82, 2.24) is 0 Å². The van der Waals surface area contributed by atoms with Gasteiger partial charge in [-0.2, -0.15) is 8.78 Å². The van der Waals surface area contributed by atoms with Crippen LogP contribution in [0.4, 0.5) is 22.0 Å². The predicted octanol–water partition coefficient (Wildman–Crippen LogP) is 5.06. The molecule has 1 aliphatic carbocycles. The maximum atomic E-state index is 15.0. The van der Waals surface area contributed by atoms with Gasteiger partial charge < -0.3 is 5.11 Å². The molecule has 0 spiro atoms. The molecule has 1 unspecified atom stereocenters. The van der Waals surface area contributed by atoms with Crippen LogP contribution in [0.25, 0.3) is 6.08 Å². The molecule has 0 aliphatic heterocycles. The van der Waals surface area contributed by atoms with Crippen LogP contribution in [0.2, 0.25) is 0 Å². The number of hydrogen-bond acceptors (Lipinski definition) is 1. The van der Waals surface area contributed by atoms with Crippen molar-refractivity contribution in [2.45, 2.75) is 31.3 Å². The van der Waals surface area contributed by atoms with E-state index in [1.165, 1.54) is 18.2 Å². The number of aliphatic hydroxyl groups is 1. The summed E-state index contributed by atoms with van der Waals surface area (Å²) in [6.07, 6.45) is 3.63. The molecule has 0 heterocycles. The van der Waals surface area contributed by atoms with Crippen LogP contribution < -0.4 is 0 Å². The molecule has 2 aromatic carbocycles. The van der Waals surface area contributed by atoms with E-state index >= 15 is 0 Å². The lowest BCUT2D eigenvalue weighted by Crippen LogP contribution is -2.44. The predicted molar refractivity (Wildman–Crippen MR) is 83.6 cm³/mol. The second-order valence-electron chi connectivity index (χ2n) is 6.10. The molecule has 132 valence electrons. The zero-order valence-corrected chi connectivity index (χ0v) is 13.3. The van der Waals surface area contributed by atoms with Gasteiger partial charge in [-0.15, -0.1) is 0 Å². The van der Waals surface area contributed by atoms with Gasteiger partial charge in [0.15, 0.2) is 23.1 Å². The fraction of sp³-hybridized carbons (Fsp3) is 0.263. The Hall–Kier alpha value is -2.21. The lowest BCUT2D eigenvalue weighted by atomic mass is 9.77. The molecule has 0 aromatic heterocycles. The molecule has 0 saturated heterocycles. The van der Waals surface area contributed by atoms with Gasteiger partial charge in [0.2, 0.25) is 0 Å². The normalized spacial score (nSPS) is 21.2. The Bertz CT molecular complexity index is 836. The molecule has 1 nitrogen and oxygen atoms in total. The summed E-state index contributed by atoms with van der Waals surface area (Å²) in [6.45, 7) is 1.96. The van der Waals surface area contributed by atoms with E-state index in [0.29, 0.717) is 18.6 Å². The van der Waals surface area contributed by atoms with Gasteiger partial charge in [-0.25, -0.2) is 13.2 Å². The quantitative estimate of drug-likeness (QED) is 0.603. The number of aryl methyl sites for hydroxylation is 1. The minimum absolute atomic E-state index is 0.226. The zero-order valence-electron chi connectivity index (χ0n) is 13.3. The summed E-state index contributed by atoms with van der Waals surface area (Å²) in [5, 5.41) is 10.5. The van der Waals surface area contributed by atoms with Crippen LogP contribution in [-0.4, -0.2) is 5.11 Å². The average Bonchev–Trinajstić information content (AvgIpc) is 2.56. The number of fused-ring (bicyclic) bond motifs is 1. The second kappa shape index (κ2) is 5.95. The van der Waals surface area contributed by atoms with Crippen molar-refractivity contribution in [1.29, 1.82) is 0 Å². The fourth-order valence-corrected chi connectivity index (χ4v) is 3.05. The number of benzene rings is 2. The van der Waals surface area contributed by atoms with Crippen LogP contribution in [0, 0.1) is 17.5 Å². The molecule has 3 rings (SSSR count). The van der Waals surface area contributed by atoms with E-state index in [1.807, 2.05) is 6.92 Å². The first-order chi connectivity index (χ1) is 11.7. The van der Waals surface area contributed by atoms with Gasteiger partial charge in [0.25, 0.3) is 0 Å². The van der Waals surface area contributed by atoms with Crippen molar-refractivity contribution in [2.24, 2.45) is 0 Å². The number of alkyl halides is 2. The highest BCUT2D eigenvalue weighted by atomic mass is 19.3. The zero-order chi connectivity index (χ0) is 18.4. The van der Waals surface area contributed by atoms with E-state index in [9.17, 15) is 27.1 Å². The van der Waals surface area contributed by atoms with Gasteiger partial charge in [0, 0.05) is 5.56 Å². The van der Waals surface area contributed by atoms with Crippen LogP contribution in [0.15, 0.2) is 36.4 Å². The van der Waals surface area contributed by atoms with Gasteiger partial charge >= 0.3 is 5.92 Å². The number of rotatable bonds is 3. The minimum Gasteiger partial charge on any atom is -0.375 e. The summed E-state index contributed by atoms with van der Waals surface area (Å²) in [5.74, 6) is -8.91. The first-order valence-electron chi connectivity index (χ1n) is 7.78. The smallest absolute Gasteiger partial charge is 0.309 e. The Morgan fingerprint density at radius 2 is 1.64 bits per heavy atom. The molecular formula is C19H15F5O. The van der Waals surface area contributed by atoms with Crippen molar-refractivity contribution in [3.05, 3.63) is 76.1 Å². The van der Waals surface area contributed by atoms with Gasteiger partial charge in [0.05, 0.1) is 0 Å². The van der Waals surface area contributed by atoms with Crippen molar-refractivity contribution < 1.29 is 27.1 Å². The topological polar surface area (TPSA) is 20.2 Å². The van der Waals surface area contributed by atoms with Crippen LogP contribution in [-0.2, 0) is 17.9 Å². The molecular weight excluding hydrogens is 339 g/mol. The SMILES string of the molecule is CCCc1ccc2c(c1)C=CC(O)(c1cc(F)c(F)c(F)c1)C2(F)F. The highest BCUT2D eigenvalue weighted by molar-refractivity contribution is 5.63. The third-order valence-electron chi connectivity index (χ3n) is 4.40. The van der Waals surface area contributed by atoms with Gasteiger partial charge in [-0.05, 0) is 41.3 Å². The molecule has 0 fully saturated rings. The number of hydrogen-bond donors (Lipinski definition) is 1. The molecule has 1 N–H and O–H groups in total. The lowest BCUT2D eigenvalue weighted by Gasteiger charge is -2.37. The summed E-state index contributed by atoms with van der Waals surface area (Å²) >= 11 is 0. The van der Waals surface area contributed by atoms with Crippen LogP contribution in [0.5, 0.6) is 0 Å². The maximum absolute atomic E-state index is 15.0. The van der Waals surface area contributed by atoms with Gasteiger partial charge in [-0.3, -0.25) is 0 Å². The standard InChI is InChI=1S/C19H15F5O/c1-2-3-11-4-5-14-12(8-11)6-7-18(25,19(14,23)24)13-9-15(20)17(22)16(21)10-13/h4-10,25H,2-3H2,1H3. The van der Waals surface area contributed by atoms with E-state index < -0.39 is 40.1 Å². The summed E-state index contributed by atoms with van der Waals surface area (Å²) in [4.78, 5) is 0. The summed E-state index contributed by atoms with van der Waals surface area (Å²) in [6, 6.07) is 5.08. The van der Waals surface area contributed by atoms with Crippen molar-refractivity contribution in [2.75, 3.05) is 0 Å². The van der Waals surface area contributed by atoms with Crippen molar-refractivity contribution in [3.8, 4) is 0 Å². The Kier molecular flexibility index (Phi) is 4.19. The average molecular weight is 354 g/mol. The first-order valence-corrected chi connectivity index (χ1v) is 7.78. The van der Waals surface area contributed by atoms with E-state index in [1.54, 1.807) is 6.07 Å². The largest absolute Gasteiger partial charge is 0.375 e. The molecule has 25 heavy (non-hydrogen) atoms. The van der Waals surface area contributed by atoms with Gasteiger partial charge in [-0.1, -0.05) is 37.6 Å². The van der Waals surface area contributed by atoms with E-state index in [4.69, 9.17) is 0 Å². The summed E-state index contributed by atoms with van der Waals surface area (Å²) < 4.78 is 70.0. The summed E-state index contributed by atoms with van der Waals surface area (Å²) in [7, 11) is 0. The highest BCUT2D eigenvalue weighted by Crippen LogP contribution is 2.51. The molecule has 1 aliphatic rings. The Balaban J connectivity index is 2.15. The first kappa shape index (κ1) is 17.6. The van der Waals surface area contributed by atoms with Crippen molar-refractivity contribution in [3.63, 3.8) is 0 Å². The molecule has 0 amide bonds. The Labute approximate surface area is 141 Å². The van der Waals surface area contributed by atoms with Crippen LogP contribution in [0.1, 0.15) is 35.6 Å². The van der Waals surface area contributed by atoms with Crippen molar-refractivity contribution >= 4 is 6.08 Å². The van der Waals surface area contributed by atoms with E-state index in [-0.39, 0.29) is 5.56 Å². The molecule has 0 saturated carbocycles. The Morgan fingerprint density at radius 1 is 1.00 bits per heavy atom. The molecule has 0 radical (unpaired) electrons. The van der Waals surface area contributed by atoms with E-state index in [0.717, 1.165) is 18.1 Å². The summed E-state index contributed by atoms with van der Waals surface area (Å²) in [5.41, 5.74) is -3.10. The van der Waals surface area contributed by atoms with E-state index in [2.05, 4.69) is 0 Å².